The van der Waals surface area contributed by atoms with Crippen LogP contribution in [0.5, 0.6) is 0 Å². The first kappa shape index (κ1) is 12.2. The number of ketones is 1. The predicted octanol–water partition coefficient (Wildman–Crippen LogP) is 3.23. The molecule has 0 aliphatic carbocycles. The summed E-state index contributed by atoms with van der Waals surface area (Å²) in [6, 6.07) is 7.45. The van der Waals surface area contributed by atoms with Gasteiger partial charge in [0.25, 0.3) is 0 Å². The number of halogens is 1. The molecule has 0 atom stereocenters. The lowest BCUT2D eigenvalue weighted by molar-refractivity contribution is -0.124. The largest absolute Gasteiger partial charge is 0.369 e. The molecule has 0 bridgehead atoms. The van der Waals surface area contributed by atoms with Gasteiger partial charge in [0.05, 0.1) is 6.61 Å². The van der Waals surface area contributed by atoms with Gasteiger partial charge in [0.2, 0.25) is 0 Å². The van der Waals surface area contributed by atoms with Crippen molar-refractivity contribution >= 4 is 17.4 Å². The van der Waals surface area contributed by atoms with Gasteiger partial charge in [0.15, 0.2) is 5.78 Å². The summed E-state index contributed by atoms with van der Waals surface area (Å²) in [6.45, 7) is 2.62. The van der Waals surface area contributed by atoms with Crippen LogP contribution in [0.2, 0.25) is 5.02 Å². The third-order valence-corrected chi connectivity index (χ3v) is 2.18. The molecule has 0 spiro atoms. The summed E-state index contributed by atoms with van der Waals surface area (Å²) in [6.07, 6.45) is 1.47. The topological polar surface area (TPSA) is 26.3 Å². The molecule has 0 amide bonds. The maximum atomic E-state index is 11.1. The van der Waals surface area contributed by atoms with Crippen molar-refractivity contribution < 1.29 is 9.53 Å². The van der Waals surface area contributed by atoms with Crippen LogP contribution in [0.25, 0.3) is 0 Å². The monoisotopic (exact) mass is 226 g/mol. The normalized spacial score (nSPS) is 10.3. The zero-order valence-corrected chi connectivity index (χ0v) is 9.59. The molecule has 0 fully saturated rings. The predicted molar refractivity (Wildman–Crippen MR) is 61.0 cm³/mol. The molecular formula is C12H15ClO2. The summed E-state index contributed by atoms with van der Waals surface area (Å²) in [4.78, 5) is 11.1. The van der Waals surface area contributed by atoms with E-state index < -0.39 is 0 Å². The average molecular weight is 227 g/mol. The fourth-order valence-corrected chi connectivity index (χ4v) is 1.47. The molecule has 3 heteroatoms. The van der Waals surface area contributed by atoms with Crippen LogP contribution in [0.4, 0.5) is 0 Å². The second-order valence-corrected chi connectivity index (χ2v) is 3.85. The maximum Gasteiger partial charge on any atom is 0.158 e. The minimum atomic E-state index is 0.152. The quantitative estimate of drug-likeness (QED) is 0.745. The summed E-state index contributed by atoms with van der Waals surface area (Å²) in [5.41, 5.74) is 0.992. The van der Waals surface area contributed by atoms with Gasteiger partial charge < -0.3 is 4.74 Å². The van der Waals surface area contributed by atoms with Crippen LogP contribution in [0, 0.1) is 0 Å². The SMILES string of the molecule is CCCC(=O)COCc1cccc(Cl)c1. The van der Waals surface area contributed by atoms with Crippen molar-refractivity contribution in [1.82, 2.24) is 0 Å². The number of carbonyl (C=O) groups excluding carboxylic acids is 1. The van der Waals surface area contributed by atoms with Crippen LogP contribution in [0.1, 0.15) is 25.3 Å². The molecule has 15 heavy (non-hydrogen) atoms. The van der Waals surface area contributed by atoms with Crippen molar-refractivity contribution in [2.75, 3.05) is 6.61 Å². The average Bonchev–Trinajstić information content (AvgIpc) is 2.18. The second-order valence-electron chi connectivity index (χ2n) is 3.41. The Morgan fingerprint density at radius 3 is 2.93 bits per heavy atom. The van der Waals surface area contributed by atoms with Crippen molar-refractivity contribution in [2.45, 2.75) is 26.4 Å². The fourth-order valence-electron chi connectivity index (χ4n) is 1.26. The molecule has 0 N–H and O–H groups in total. The van der Waals surface area contributed by atoms with Crippen molar-refractivity contribution in [2.24, 2.45) is 0 Å². The van der Waals surface area contributed by atoms with E-state index >= 15 is 0 Å². The van der Waals surface area contributed by atoms with E-state index in [-0.39, 0.29) is 12.4 Å². The molecule has 0 saturated carbocycles. The van der Waals surface area contributed by atoms with Crippen LogP contribution in [-0.4, -0.2) is 12.4 Å². The molecule has 0 heterocycles. The van der Waals surface area contributed by atoms with Crippen molar-refractivity contribution in [1.29, 1.82) is 0 Å². The van der Waals surface area contributed by atoms with E-state index in [1.54, 1.807) is 0 Å². The molecule has 82 valence electrons. The Labute approximate surface area is 95.2 Å². The standard InChI is InChI=1S/C12H15ClO2/c1-2-4-12(14)9-15-8-10-5-3-6-11(13)7-10/h3,5-7H,2,4,8-9H2,1H3. The van der Waals surface area contributed by atoms with Crippen molar-refractivity contribution in [3.8, 4) is 0 Å². The van der Waals surface area contributed by atoms with Gasteiger partial charge in [-0.3, -0.25) is 4.79 Å². The highest BCUT2D eigenvalue weighted by atomic mass is 35.5. The highest BCUT2D eigenvalue weighted by Gasteiger charge is 2.00. The van der Waals surface area contributed by atoms with Crippen molar-refractivity contribution in [3.05, 3.63) is 34.9 Å². The van der Waals surface area contributed by atoms with Gasteiger partial charge in [0, 0.05) is 11.4 Å². The Balaban J connectivity index is 2.28. The van der Waals surface area contributed by atoms with E-state index in [0.717, 1.165) is 12.0 Å². The number of carbonyl (C=O) groups is 1. The fraction of sp³-hybridized carbons (Fsp3) is 0.417. The van der Waals surface area contributed by atoms with Crippen LogP contribution in [0.3, 0.4) is 0 Å². The van der Waals surface area contributed by atoms with E-state index in [0.29, 0.717) is 18.1 Å². The summed E-state index contributed by atoms with van der Waals surface area (Å²) in [7, 11) is 0. The highest BCUT2D eigenvalue weighted by molar-refractivity contribution is 6.30. The summed E-state index contributed by atoms with van der Waals surface area (Å²) in [5.74, 6) is 0.152. The van der Waals surface area contributed by atoms with Gasteiger partial charge in [-0.15, -0.1) is 0 Å². The van der Waals surface area contributed by atoms with E-state index in [1.807, 2.05) is 31.2 Å². The molecule has 1 aromatic carbocycles. The third-order valence-electron chi connectivity index (χ3n) is 1.95. The van der Waals surface area contributed by atoms with E-state index in [2.05, 4.69) is 0 Å². The molecule has 0 aliphatic rings. The molecule has 0 saturated heterocycles. The Bertz CT molecular complexity index is 323. The molecule has 2 nitrogen and oxygen atoms in total. The molecule has 0 aliphatic heterocycles. The van der Waals surface area contributed by atoms with Crippen LogP contribution >= 0.6 is 11.6 Å². The van der Waals surface area contributed by atoms with E-state index in [1.165, 1.54) is 0 Å². The summed E-state index contributed by atoms with van der Waals surface area (Å²) < 4.78 is 5.28. The summed E-state index contributed by atoms with van der Waals surface area (Å²) >= 11 is 5.81. The molecule has 0 unspecified atom stereocenters. The zero-order valence-electron chi connectivity index (χ0n) is 8.83. The minimum absolute atomic E-state index is 0.152. The molecule has 1 aromatic rings. The molecule has 1 rings (SSSR count). The molecule has 0 aromatic heterocycles. The lowest BCUT2D eigenvalue weighted by Gasteiger charge is -2.03. The Kier molecular flexibility index (Phi) is 5.37. The zero-order chi connectivity index (χ0) is 11.1. The molecule has 0 radical (unpaired) electrons. The van der Waals surface area contributed by atoms with Gasteiger partial charge in [-0.2, -0.15) is 0 Å². The number of ether oxygens (including phenoxy) is 1. The Morgan fingerprint density at radius 2 is 2.27 bits per heavy atom. The number of hydrogen-bond acceptors (Lipinski definition) is 2. The summed E-state index contributed by atoms with van der Waals surface area (Å²) in [5, 5.41) is 0.691. The minimum Gasteiger partial charge on any atom is -0.369 e. The smallest absolute Gasteiger partial charge is 0.158 e. The number of rotatable bonds is 6. The van der Waals surface area contributed by atoms with Gasteiger partial charge in [0.1, 0.15) is 6.61 Å². The Morgan fingerprint density at radius 1 is 1.47 bits per heavy atom. The lowest BCUT2D eigenvalue weighted by Crippen LogP contribution is -2.07. The van der Waals surface area contributed by atoms with Crippen molar-refractivity contribution in [3.63, 3.8) is 0 Å². The lowest BCUT2D eigenvalue weighted by atomic mass is 10.2. The molecular weight excluding hydrogens is 212 g/mol. The van der Waals surface area contributed by atoms with Crippen LogP contribution in [0.15, 0.2) is 24.3 Å². The number of Topliss-reactive ketones (excluding diaryl/α,β-unsaturated/α-hetero) is 1. The number of benzene rings is 1. The van der Waals surface area contributed by atoms with Gasteiger partial charge >= 0.3 is 0 Å². The first-order valence-corrected chi connectivity index (χ1v) is 5.44. The number of hydrogen-bond donors (Lipinski definition) is 0. The first-order valence-electron chi connectivity index (χ1n) is 5.06. The van der Waals surface area contributed by atoms with E-state index in [4.69, 9.17) is 16.3 Å². The third kappa shape index (κ3) is 4.96. The highest BCUT2D eigenvalue weighted by Crippen LogP contribution is 2.11. The van der Waals surface area contributed by atoms with Crippen LogP contribution in [-0.2, 0) is 16.1 Å². The Hall–Kier alpha value is -0.860. The van der Waals surface area contributed by atoms with Gasteiger partial charge in [-0.25, -0.2) is 0 Å². The second kappa shape index (κ2) is 6.59. The maximum absolute atomic E-state index is 11.1. The van der Waals surface area contributed by atoms with E-state index in [9.17, 15) is 4.79 Å². The first-order chi connectivity index (χ1) is 7.22. The van der Waals surface area contributed by atoms with Crippen LogP contribution < -0.4 is 0 Å². The van der Waals surface area contributed by atoms with Gasteiger partial charge in [-0.05, 0) is 24.1 Å². The van der Waals surface area contributed by atoms with Gasteiger partial charge in [-0.1, -0.05) is 30.7 Å².